The van der Waals surface area contributed by atoms with Gasteiger partial charge in [0.1, 0.15) is 5.75 Å². The van der Waals surface area contributed by atoms with Gasteiger partial charge in [0, 0.05) is 5.56 Å². The first-order chi connectivity index (χ1) is 5.77. The Kier molecular flexibility index (Phi) is 2.66. The van der Waals surface area contributed by atoms with Crippen molar-refractivity contribution >= 4 is 5.91 Å². The van der Waals surface area contributed by atoms with Crippen LogP contribution in [-0.4, -0.2) is 13.0 Å². The minimum Gasteiger partial charge on any atom is -0.497 e. The second-order valence-electron chi connectivity index (χ2n) is 2.23. The van der Waals surface area contributed by atoms with Crippen LogP contribution >= 0.6 is 0 Å². The summed E-state index contributed by atoms with van der Waals surface area (Å²) in [6.07, 6.45) is 0. The van der Waals surface area contributed by atoms with Crippen LogP contribution in [0.1, 0.15) is 10.4 Å². The van der Waals surface area contributed by atoms with Crippen LogP contribution in [-0.2, 0) is 0 Å². The van der Waals surface area contributed by atoms with E-state index in [4.69, 9.17) is 4.74 Å². The summed E-state index contributed by atoms with van der Waals surface area (Å²) >= 11 is 0. The SMILES string of the molecule is COc1ccc(C(=O)N[NH3+])cc1. The predicted octanol–water partition coefficient (Wildman–Crippen LogP) is -0.418. The molecule has 4 N–H and O–H groups in total. The normalized spacial score (nSPS) is 9.17. The Morgan fingerprint density at radius 1 is 1.42 bits per heavy atom. The number of rotatable bonds is 2. The Hall–Kier alpha value is -1.55. The monoisotopic (exact) mass is 167 g/mol. The highest BCUT2D eigenvalue weighted by molar-refractivity contribution is 5.93. The van der Waals surface area contributed by atoms with Gasteiger partial charge in [0.05, 0.1) is 7.11 Å². The summed E-state index contributed by atoms with van der Waals surface area (Å²) in [5.74, 6) is 3.81. The van der Waals surface area contributed by atoms with Crippen molar-refractivity contribution in [2.75, 3.05) is 7.11 Å². The molecule has 0 fully saturated rings. The second kappa shape index (κ2) is 3.73. The number of amides is 1. The molecular formula is C8H11N2O2+. The lowest BCUT2D eigenvalue weighted by Crippen LogP contribution is -2.67. The molecule has 1 amide bonds. The average molecular weight is 167 g/mol. The summed E-state index contributed by atoms with van der Waals surface area (Å²) in [7, 11) is 1.58. The van der Waals surface area contributed by atoms with Gasteiger partial charge in [-0.25, -0.2) is 5.43 Å². The Bertz CT molecular complexity index is 269. The highest BCUT2D eigenvalue weighted by Gasteiger charge is 2.03. The molecule has 0 aliphatic heterocycles. The number of hydrogen-bond donors (Lipinski definition) is 2. The van der Waals surface area contributed by atoms with E-state index in [1.807, 2.05) is 0 Å². The number of quaternary nitrogens is 1. The van der Waals surface area contributed by atoms with E-state index < -0.39 is 0 Å². The van der Waals surface area contributed by atoms with Crippen LogP contribution in [0, 0.1) is 0 Å². The van der Waals surface area contributed by atoms with Crippen LogP contribution < -0.4 is 16.0 Å². The molecule has 0 saturated heterocycles. The minimum absolute atomic E-state index is 0.197. The fourth-order valence-electron chi connectivity index (χ4n) is 0.844. The Balaban J connectivity index is 2.84. The molecule has 1 aromatic rings. The van der Waals surface area contributed by atoms with Gasteiger partial charge in [0.15, 0.2) is 0 Å². The lowest BCUT2D eigenvalue weighted by Gasteiger charge is -1.99. The van der Waals surface area contributed by atoms with Crippen LogP contribution in [0.25, 0.3) is 0 Å². The topological polar surface area (TPSA) is 66.0 Å². The molecule has 0 radical (unpaired) electrons. The van der Waals surface area contributed by atoms with Gasteiger partial charge in [0.25, 0.3) is 5.91 Å². The van der Waals surface area contributed by atoms with E-state index in [1.54, 1.807) is 31.4 Å². The third-order valence-electron chi connectivity index (χ3n) is 1.51. The van der Waals surface area contributed by atoms with Crippen molar-refractivity contribution in [2.45, 2.75) is 0 Å². The number of nitrogens with one attached hydrogen (secondary N) is 1. The summed E-state index contributed by atoms with van der Waals surface area (Å²) in [6, 6.07) is 6.81. The Morgan fingerprint density at radius 3 is 2.42 bits per heavy atom. The molecule has 0 spiro atoms. The van der Waals surface area contributed by atoms with Gasteiger partial charge in [-0.15, -0.1) is 0 Å². The largest absolute Gasteiger partial charge is 0.497 e. The van der Waals surface area contributed by atoms with E-state index in [1.165, 1.54) is 0 Å². The van der Waals surface area contributed by atoms with Crippen molar-refractivity contribution in [1.29, 1.82) is 0 Å². The highest BCUT2D eigenvalue weighted by Crippen LogP contribution is 2.10. The standard InChI is InChI=1S/C8H10N2O2/c1-12-7-4-2-6(3-5-7)8(11)10-9/h2-5H,9H2,1H3,(H,10,11)/p+1. The first-order valence-corrected chi connectivity index (χ1v) is 3.49. The van der Waals surface area contributed by atoms with Gasteiger partial charge in [-0.1, -0.05) is 0 Å². The van der Waals surface area contributed by atoms with E-state index in [9.17, 15) is 4.79 Å². The van der Waals surface area contributed by atoms with Crippen molar-refractivity contribution < 1.29 is 15.4 Å². The van der Waals surface area contributed by atoms with Crippen molar-refractivity contribution in [2.24, 2.45) is 0 Å². The molecule has 4 heteroatoms. The van der Waals surface area contributed by atoms with Gasteiger partial charge < -0.3 is 4.74 Å². The molecule has 1 aromatic carbocycles. The van der Waals surface area contributed by atoms with E-state index in [2.05, 4.69) is 11.3 Å². The zero-order chi connectivity index (χ0) is 8.97. The van der Waals surface area contributed by atoms with E-state index >= 15 is 0 Å². The zero-order valence-corrected chi connectivity index (χ0v) is 6.83. The maximum atomic E-state index is 11.0. The van der Waals surface area contributed by atoms with E-state index in [0.717, 1.165) is 5.75 Å². The van der Waals surface area contributed by atoms with Crippen LogP contribution in [0.5, 0.6) is 5.75 Å². The number of methoxy groups -OCH3 is 1. The Morgan fingerprint density at radius 2 is 2.00 bits per heavy atom. The second-order valence-corrected chi connectivity index (χ2v) is 2.23. The van der Waals surface area contributed by atoms with E-state index in [0.29, 0.717) is 5.56 Å². The molecule has 0 aromatic heterocycles. The van der Waals surface area contributed by atoms with Crippen molar-refractivity contribution in [3.8, 4) is 5.75 Å². The maximum Gasteiger partial charge on any atom is 0.295 e. The minimum atomic E-state index is -0.197. The maximum absolute atomic E-state index is 11.0. The Labute approximate surface area is 70.3 Å². The molecule has 1 rings (SSSR count). The fraction of sp³-hybridized carbons (Fsp3) is 0.125. The lowest BCUT2D eigenvalue weighted by atomic mass is 10.2. The summed E-state index contributed by atoms with van der Waals surface area (Å²) in [6.45, 7) is 0. The molecular weight excluding hydrogens is 156 g/mol. The van der Waals surface area contributed by atoms with Crippen molar-refractivity contribution in [1.82, 2.24) is 5.43 Å². The van der Waals surface area contributed by atoms with Crippen LogP contribution in [0.2, 0.25) is 0 Å². The van der Waals surface area contributed by atoms with E-state index in [-0.39, 0.29) is 5.91 Å². The van der Waals surface area contributed by atoms with Gasteiger partial charge in [0.2, 0.25) is 0 Å². The first kappa shape index (κ1) is 8.55. The smallest absolute Gasteiger partial charge is 0.295 e. The van der Waals surface area contributed by atoms with Gasteiger partial charge in [-0.3, -0.25) is 10.6 Å². The number of carbonyl (C=O) groups is 1. The number of carbonyl (C=O) groups excluding carboxylic acids is 1. The molecule has 0 unspecified atom stereocenters. The number of ether oxygens (including phenoxy) is 1. The first-order valence-electron chi connectivity index (χ1n) is 3.49. The molecule has 12 heavy (non-hydrogen) atoms. The van der Waals surface area contributed by atoms with Crippen LogP contribution in [0.15, 0.2) is 24.3 Å². The summed E-state index contributed by atoms with van der Waals surface area (Å²) in [5, 5.41) is 0. The molecule has 0 bridgehead atoms. The van der Waals surface area contributed by atoms with Gasteiger partial charge in [-0.05, 0) is 24.3 Å². The number of hydrogen-bond acceptors (Lipinski definition) is 2. The number of benzene rings is 1. The molecule has 0 atom stereocenters. The summed E-state index contributed by atoms with van der Waals surface area (Å²) in [5.41, 5.74) is 2.86. The molecule has 0 heterocycles. The molecule has 64 valence electrons. The summed E-state index contributed by atoms with van der Waals surface area (Å²) < 4.78 is 4.94. The quantitative estimate of drug-likeness (QED) is 0.587. The van der Waals surface area contributed by atoms with Crippen LogP contribution in [0.4, 0.5) is 0 Å². The highest BCUT2D eigenvalue weighted by atomic mass is 16.5. The van der Waals surface area contributed by atoms with Gasteiger partial charge in [-0.2, -0.15) is 0 Å². The average Bonchev–Trinajstić information content (AvgIpc) is 2.17. The molecule has 0 aliphatic carbocycles. The molecule has 0 aliphatic rings. The lowest BCUT2D eigenvalue weighted by molar-refractivity contribution is -0.422. The third kappa shape index (κ3) is 1.73. The summed E-state index contributed by atoms with van der Waals surface area (Å²) in [4.78, 5) is 11.0. The molecule has 4 nitrogen and oxygen atoms in total. The van der Waals surface area contributed by atoms with Crippen molar-refractivity contribution in [3.05, 3.63) is 29.8 Å². The third-order valence-corrected chi connectivity index (χ3v) is 1.51. The predicted molar refractivity (Wildman–Crippen MR) is 43.3 cm³/mol. The fourth-order valence-corrected chi connectivity index (χ4v) is 0.844. The zero-order valence-electron chi connectivity index (χ0n) is 6.83. The molecule has 0 saturated carbocycles. The van der Waals surface area contributed by atoms with Gasteiger partial charge >= 0.3 is 0 Å². The van der Waals surface area contributed by atoms with Crippen molar-refractivity contribution in [3.63, 3.8) is 0 Å². The van der Waals surface area contributed by atoms with Crippen LogP contribution in [0.3, 0.4) is 0 Å².